The lowest BCUT2D eigenvalue weighted by Gasteiger charge is -2.14. The lowest BCUT2D eigenvalue weighted by Crippen LogP contribution is -2.00. The fraction of sp³-hybridized carbons (Fsp3) is 0.0435. The number of para-hydroxylation sites is 1. The number of benzene rings is 7. The van der Waals surface area contributed by atoms with Crippen LogP contribution < -0.4 is 0 Å². The Kier molecular flexibility index (Phi) is 6.04. The minimum atomic E-state index is 1.05. The van der Waals surface area contributed by atoms with Crippen LogP contribution in [0.4, 0.5) is 0 Å². The van der Waals surface area contributed by atoms with Crippen molar-refractivity contribution in [3.8, 4) is 33.6 Å². The van der Waals surface area contributed by atoms with Crippen molar-refractivity contribution in [2.45, 2.75) is 12.8 Å². The Morgan fingerprint density at radius 3 is 1.88 bits per heavy atom. The Morgan fingerprint density at radius 2 is 1.08 bits per heavy atom. The van der Waals surface area contributed by atoms with Gasteiger partial charge in [-0.1, -0.05) is 133 Å². The molecule has 0 unspecified atom stereocenters. The van der Waals surface area contributed by atoms with Crippen LogP contribution in [0, 0.1) is 0 Å². The lowest BCUT2D eigenvalue weighted by atomic mass is 10.00. The molecule has 1 aliphatic carbocycles. The maximum absolute atomic E-state index is 2.52. The van der Waals surface area contributed by atoms with E-state index in [2.05, 4.69) is 179 Å². The van der Waals surface area contributed by atoms with Crippen LogP contribution in [0.15, 0.2) is 164 Å². The molecule has 1 aliphatic rings. The molecule has 0 aliphatic heterocycles. The summed E-state index contributed by atoms with van der Waals surface area (Å²) in [5, 5.41) is 6.44. The number of nitrogens with zero attached hydrogens (tertiary/aromatic N) is 2. The third-order valence-corrected chi connectivity index (χ3v) is 10.2. The molecule has 0 spiro atoms. The zero-order chi connectivity index (χ0) is 31.6. The van der Waals surface area contributed by atoms with E-state index >= 15 is 0 Å². The number of rotatable bonds is 4. The van der Waals surface area contributed by atoms with Gasteiger partial charge in [-0.05, 0) is 82.5 Å². The molecule has 0 fully saturated rings. The summed E-state index contributed by atoms with van der Waals surface area (Å²) < 4.78 is 4.99. The summed E-state index contributed by atoms with van der Waals surface area (Å²) in [6.07, 6.45) is 6.79. The highest BCUT2D eigenvalue weighted by Crippen LogP contribution is 2.43. The van der Waals surface area contributed by atoms with Gasteiger partial charge < -0.3 is 9.13 Å². The molecular weight excluding hydrogens is 581 g/mol. The monoisotopic (exact) mass is 612 g/mol. The molecule has 0 amide bonds. The first-order chi connectivity index (χ1) is 23.8. The molecule has 48 heavy (non-hydrogen) atoms. The van der Waals surface area contributed by atoms with Crippen molar-refractivity contribution >= 4 is 49.6 Å². The average Bonchev–Trinajstić information content (AvgIpc) is 3.68. The molecule has 0 saturated heterocycles. The van der Waals surface area contributed by atoms with Crippen molar-refractivity contribution in [3.63, 3.8) is 0 Å². The summed E-state index contributed by atoms with van der Waals surface area (Å²) in [6, 6.07) is 57.6. The van der Waals surface area contributed by atoms with E-state index in [0.717, 1.165) is 12.8 Å². The van der Waals surface area contributed by atoms with E-state index in [1.165, 1.54) is 88.4 Å². The highest BCUT2D eigenvalue weighted by Gasteiger charge is 2.24. The van der Waals surface area contributed by atoms with E-state index in [1.807, 2.05) is 0 Å². The summed E-state index contributed by atoms with van der Waals surface area (Å²) in [6.45, 7) is 0. The minimum absolute atomic E-state index is 1.05. The van der Waals surface area contributed by atoms with Crippen molar-refractivity contribution in [1.29, 1.82) is 0 Å². The fourth-order valence-electron chi connectivity index (χ4n) is 7.99. The van der Waals surface area contributed by atoms with Crippen LogP contribution >= 0.6 is 0 Å². The second-order valence-electron chi connectivity index (χ2n) is 12.8. The van der Waals surface area contributed by atoms with Crippen molar-refractivity contribution < 1.29 is 0 Å². The van der Waals surface area contributed by atoms with Crippen LogP contribution in [0.1, 0.15) is 17.7 Å². The third-order valence-electron chi connectivity index (χ3n) is 10.2. The molecule has 2 nitrogen and oxygen atoms in total. The topological polar surface area (TPSA) is 9.86 Å². The molecule has 7 aromatic carbocycles. The highest BCUT2D eigenvalue weighted by atomic mass is 15.0. The molecule has 0 N–H and O–H groups in total. The van der Waals surface area contributed by atoms with E-state index in [9.17, 15) is 0 Å². The van der Waals surface area contributed by atoms with Gasteiger partial charge in [0.25, 0.3) is 0 Å². The van der Waals surface area contributed by atoms with Gasteiger partial charge in [-0.25, -0.2) is 0 Å². The highest BCUT2D eigenvalue weighted by molar-refractivity contribution is 6.22. The minimum Gasteiger partial charge on any atom is -0.309 e. The van der Waals surface area contributed by atoms with Gasteiger partial charge in [-0.3, -0.25) is 0 Å². The summed E-state index contributed by atoms with van der Waals surface area (Å²) in [4.78, 5) is 0. The Hall–Kier alpha value is -6.12. The van der Waals surface area contributed by atoms with E-state index in [4.69, 9.17) is 0 Å². The number of aromatic nitrogens is 2. The SMILES string of the molecule is C1=Cc2c(c3ccc4c(c5ccccc5n4-c4cccc5ccccc45)c3n2-c2ccc(-c3ccc(-c4ccccc4)cc3)cc2)CC1. The quantitative estimate of drug-likeness (QED) is 0.187. The smallest absolute Gasteiger partial charge is 0.0637 e. The molecular formula is C46H32N2. The van der Waals surface area contributed by atoms with Gasteiger partial charge in [0.2, 0.25) is 0 Å². The number of hydrogen-bond acceptors (Lipinski definition) is 0. The normalized spacial score (nSPS) is 12.8. The van der Waals surface area contributed by atoms with Gasteiger partial charge in [0.1, 0.15) is 0 Å². The van der Waals surface area contributed by atoms with Crippen LogP contribution in [-0.2, 0) is 6.42 Å². The van der Waals surface area contributed by atoms with E-state index in [-0.39, 0.29) is 0 Å². The van der Waals surface area contributed by atoms with Crippen LogP contribution in [0.5, 0.6) is 0 Å². The van der Waals surface area contributed by atoms with Gasteiger partial charge in [0.05, 0.1) is 22.2 Å². The number of hydrogen-bond donors (Lipinski definition) is 0. The number of aryl methyl sites for hydroxylation is 1. The summed E-state index contributed by atoms with van der Waals surface area (Å²) >= 11 is 0. The van der Waals surface area contributed by atoms with Gasteiger partial charge >= 0.3 is 0 Å². The average molecular weight is 613 g/mol. The van der Waals surface area contributed by atoms with E-state index < -0.39 is 0 Å². The van der Waals surface area contributed by atoms with Crippen molar-refractivity contribution in [3.05, 3.63) is 175 Å². The zero-order valence-corrected chi connectivity index (χ0v) is 26.5. The molecule has 0 bridgehead atoms. The molecule has 10 rings (SSSR count). The Balaban J connectivity index is 1.19. The molecule has 2 aromatic heterocycles. The first kappa shape index (κ1) is 27.0. The van der Waals surface area contributed by atoms with Gasteiger partial charge in [0.15, 0.2) is 0 Å². The molecule has 9 aromatic rings. The maximum Gasteiger partial charge on any atom is 0.0637 e. The predicted octanol–water partition coefficient (Wildman–Crippen LogP) is 12.2. The van der Waals surface area contributed by atoms with Crippen molar-refractivity contribution in [1.82, 2.24) is 9.13 Å². The van der Waals surface area contributed by atoms with Crippen LogP contribution in [0.3, 0.4) is 0 Å². The van der Waals surface area contributed by atoms with Gasteiger partial charge in [0, 0.05) is 32.9 Å². The summed E-state index contributed by atoms with van der Waals surface area (Å²) in [5.41, 5.74) is 13.8. The standard InChI is InChI=1S/C46H32N2/c1-2-11-31(12-3-1)32-21-23-33(24-22-32)34-25-27-36(28-26-34)47-42-18-8-6-16-38(42)39-29-30-44-45(46(39)47)40-17-7-9-19-43(40)48(44)41-20-10-14-35-13-4-5-15-37(35)41/h1-5,7-15,17-30H,6,16H2. The molecule has 0 atom stereocenters. The fourth-order valence-corrected chi connectivity index (χ4v) is 7.99. The van der Waals surface area contributed by atoms with Gasteiger partial charge in [-0.15, -0.1) is 0 Å². The molecule has 2 heterocycles. The van der Waals surface area contributed by atoms with Gasteiger partial charge in [-0.2, -0.15) is 0 Å². The second kappa shape index (κ2) is 10.7. The van der Waals surface area contributed by atoms with Crippen LogP contribution in [-0.4, -0.2) is 9.13 Å². The first-order valence-corrected chi connectivity index (χ1v) is 16.8. The maximum atomic E-state index is 2.52. The largest absolute Gasteiger partial charge is 0.309 e. The molecule has 0 saturated carbocycles. The Bertz CT molecular complexity index is 2680. The lowest BCUT2D eigenvalue weighted by molar-refractivity contribution is 0.968. The van der Waals surface area contributed by atoms with Crippen LogP contribution in [0.2, 0.25) is 0 Å². The number of fused-ring (bicyclic) bond motifs is 8. The van der Waals surface area contributed by atoms with E-state index in [1.54, 1.807) is 0 Å². The third kappa shape index (κ3) is 4.06. The first-order valence-electron chi connectivity index (χ1n) is 16.8. The summed E-state index contributed by atoms with van der Waals surface area (Å²) in [7, 11) is 0. The second-order valence-corrected chi connectivity index (χ2v) is 12.8. The van der Waals surface area contributed by atoms with Crippen molar-refractivity contribution in [2.24, 2.45) is 0 Å². The van der Waals surface area contributed by atoms with Crippen molar-refractivity contribution in [2.75, 3.05) is 0 Å². The predicted molar refractivity (Wildman–Crippen MR) is 203 cm³/mol. The molecule has 0 radical (unpaired) electrons. The summed E-state index contributed by atoms with van der Waals surface area (Å²) in [5.74, 6) is 0. The van der Waals surface area contributed by atoms with Crippen LogP contribution in [0.25, 0.3) is 83.2 Å². The van der Waals surface area contributed by atoms with E-state index in [0.29, 0.717) is 0 Å². The Labute approximate surface area is 279 Å². The Morgan fingerprint density at radius 1 is 0.438 bits per heavy atom. The number of allylic oxidation sites excluding steroid dienone is 1. The molecule has 226 valence electrons. The zero-order valence-electron chi connectivity index (χ0n) is 26.5. The molecule has 2 heteroatoms.